The Morgan fingerprint density at radius 1 is 1.47 bits per heavy atom. The minimum atomic E-state index is 0.149. The Kier molecular flexibility index (Phi) is 4.68. The lowest BCUT2D eigenvalue weighted by Crippen LogP contribution is -2.63. The van der Waals surface area contributed by atoms with Crippen LogP contribution >= 0.6 is 0 Å². The Balaban J connectivity index is 1.77. The molecule has 0 aromatic carbocycles. The molecular formula is C14H27N3O2. The van der Waals surface area contributed by atoms with Crippen LogP contribution in [0.1, 0.15) is 33.1 Å². The largest absolute Gasteiger partial charge is 0.381 e. The lowest BCUT2D eigenvalue weighted by Gasteiger charge is -2.51. The summed E-state index contributed by atoms with van der Waals surface area (Å²) in [6, 6.07) is 0.410. The lowest BCUT2D eigenvalue weighted by atomic mass is 9.64. The number of nitrogens with one attached hydrogen (secondary N) is 2. The van der Waals surface area contributed by atoms with Gasteiger partial charge in [0, 0.05) is 38.8 Å². The van der Waals surface area contributed by atoms with Crippen molar-refractivity contribution in [2.45, 2.75) is 51.4 Å². The fourth-order valence-electron chi connectivity index (χ4n) is 2.91. The summed E-state index contributed by atoms with van der Waals surface area (Å²) in [6.45, 7) is 6.19. The minimum absolute atomic E-state index is 0.149. The summed E-state index contributed by atoms with van der Waals surface area (Å²) in [7, 11) is 3.59. The van der Waals surface area contributed by atoms with Gasteiger partial charge in [-0.2, -0.15) is 0 Å². The lowest BCUT2D eigenvalue weighted by molar-refractivity contribution is -0.0922. The molecule has 0 aromatic rings. The third kappa shape index (κ3) is 3.20. The van der Waals surface area contributed by atoms with Crippen LogP contribution in [0.15, 0.2) is 4.99 Å². The molecule has 5 nitrogen and oxygen atoms in total. The molecule has 19 heavy (non-hydrogen) atoms. The summed E-state index contributed by atoms with van der Waals surface area (Å²) in [5.74, 6) is 0.864. The highest BCUT2D eigenvalue weighted by Gasteiger charge is 2.48. The molecule has 2 aliphatic rings. The average Bonchev–Trinajstić information content (AvgIpc) is 2.90. The molecule has 1 aliphatic carbocycles. The van der Waals surface area contributed by atoms with Crippen molar-refractivity contribution in [2.24, 2.45) is 10.4 Å². The third-order valence-electron chi connectivity index (χ3n) is 4.52. The molecule has 0 bridgehead atoms. The Morgan fingerprint density at radius 2 is 2.26 bits per heavy atom. The van der Waals surface area contributed by atoms with E-state index in [1.807, 2.05) is 7.05 Å². The van der Waals surface area contributed by atoms with Crippen molar-refractivity contribution in [2.75, 3.05) is 27.3 Å². The smallest absolute Gasteiger partial charge is 0.191 e. The van der Waals surface area contributed by atoms with Crippen LogP contribution in [0.25, 0.3) is 0 Å². The van der Waals surface area contributed by atoms with E-state index in [2.05, 4.69) is 29.5 Å². The molecule has 2 fully saturated rings. The molecule has 0 spiro atoms. The first-order valence-corrected chi connectivity index (χ1v) is 7.19. The SMILES string of the molecule is CN=C(NCC1CCCO1)NC1CC(OC)C1(C)C. The normalized spacial score (nSPS) is 33.9. The molecule has 2 N–H and O–H groups in total. The molecule has 0 radical (unpaired) electrons. The van der Waals surface area contributed by atoms with Crippen molar-refractivity contribution in [3.63, 3.8) is 0 Å². The Bertz CT molecular complexity index is 325. The Hall–Kier alpha value is -0.810. The van der Waals surface area contributed by atoms with Crippen LogP contribution in [0.4, 0.5) is 0 Å². The van der Waals surface area contributed by atoms with Crippen LogP contribution in [0.3, 0.4) is 0 Å². The van der Waals surface area contributed by atoms with Gasteiger partial charge in [0.1, 0.15) is 0 Å². The summed E-state index contributed by atoms with van der Waals surface area (Å²) in [5, 5.41) is 6.84. The molecule has 3 atom stereocenters. The highest BCUT2D eigenvalue weighted by molar-refractivity contribution is 5.80. The fourth-order valence-corrected chi connectivity index (χ4v) is 2.91. The quantitative estimate of drug-likeness (QED) is 0.594. The second-order valence-electron chi connectivity index (χ2n) is 6.07. The van der Waals surface area contributed by atoms with E-state index in [4.69, 9.17) is 9.47 Å². The number of guanidine groups is 1. The Morgan fingerprint density at radius 3 is 2.79 bits per heavy atom. The van der Waals surface area contributed by atoms with Gasteiger partial charge in [-0.15, -0.1) is 0 Å². The maximum Gasteiger partial charge on any atom is 0.191 e. The van der Waals surface area contributed by atoms with Crippen LogP contribution in [0, 0.1) is 5.41 Å². The molecule has 0 aromatic heterocycles. The van der Waals surface area contributed by atoms with Gasteiger partial charge < -0.3 is 20.1 Å². The first-order chi connectivity index (χ1) is 9.07. The van der Waals surface area contributed by atoms with Gasteiger partial charge in [-0.3, -0.25) is 4.99 Å². The third-order valence-corrected chi connectivity index (χ3v) is 4.52. The van der Waals surface area contributed by atoms with E-state index in [-0.39, 0.29) is 5.41 Å². The van der Waals surface area contributed by atoms with Crippen molar-refractivity contribution in [1.29, 1.82) is 0 Å². The zero-order chi connectivity index (χ0) is 13.9. The molecule has 1 saturated heterocycles. The van der Waals surface area contributed by atoms with Crippen LogP contribution in [-0.2, 0) is 9.47 Å². The van der Waals surface area contributed by atoms with Gasteiger partial charge in [0.25, 0.3) is 0 Å². The molecule has 5 heteroatoms. The fraction of sp³-hybridized carbons (Fsp3) is 0.929. The maximum atomic E-state index is 5.60. The van der Waals surface area contributed by atoms with E-state index in [1.54, 1.807) is 7.11 Å². The molecular weight excluding hydrogens is 242 g/mol. The molecule has 1 heterocycles. The van der Waals surface area contributed by atoms with Gasteiger partial charge >= 0.3 is 0 Å². The van der Waals surface area contributed by atoms with Crippen LogP contribution < -0.4 is 10.6 Å². The van der Waals surface area contributed by atoms with Crippen molar-refractivity contribution in [3.8, 4) is 0 Å². The van der Waals surface area contributed by atoms with Crippen LogP contribution in [-0.4, -0.2) is 51.5 Å². The molecule has 3 unspecified atom stereocenters. The second kappa shape index (κ2) is 6.09. The van der Waals surface area contributed by atoms with Crippen molar-refractivity contribution in [3.05, 3.63) is 0 Å². The van der Waals surface area contributed by atoms with Gasteiger partial charge in [0.2, 0.25) is 0 Å². The summed E-state index contributed by atoms with van der Waals surface area (Å²) >= 11 is 0. The summed E-state index contributed by atoms with van der Waals surface area (Å²) in [4.78, 5) is 4.29. The zero-order valence-corrected chi connectivity index (χ0v) is 12.5. The summed E-state index contributed by atoms with van der Waals surface area (Å²) < 4.78 is 11.1. The number of aliphatic imine (C=N–C) groups is 1. The van der Waals surface area contributed by atoms with E-state index in [9.17, 15) is 0 Å². The number of hydrogen-bond donors (Lipinski definition) is 2. The van der Waals surface area contributed by atoms with Gasteiger partial charge in [-0.25, -0.2) is 0 Å². The van der Waals surface area contributed by atoms with Crippen LogP contribution in [0.2, 0.25) is 0 Å². The van der Waals surface area contributed by atoms with Gasteiger partial charge in [0.15, 0.2) is 5.96 Å². The second-order valence-corrected chi connectivity index (χ2v) is 6.07. The van der Waals surface area contributed by atoms with E-state index in [1.165, 1.54) is 6.42 Å². The first-order valence-electron chi connectivity index (χ1n) is 7.19. The van der Waals surface area contributed by atoms with Gasteiger partial charge in [0.05, 0.1) is 12.2 Å². The monoisotopic (exact) mass is 269 g/mol. The maximum absolute atomic E-state index is 5.60. The molecule has 0 amide bonds. The first kappa shape index (κ1) is 14.6. The highest BCUT2D eigenvalue weighted by atomic mass is 16.5. The number of methoxy groups -OCH3 is 1. The topological polar surface area (TPSA) is 54.9 Å². The number of ether oxygens (including phenoxy) is 2. The van der Waals surface area contributed by atoms with Crippen molar-refractivity contribution < 1.29 is 9.47 Å². The molecule has 1 saturated carbocycles. The highest BCUT2D eigenvalue weighted by Crippen LogP contribution is 2.42. The number of hydrogen-bond acceptors (Lipinski definition) is 3. The molecule has 2 rings (SSSR count). The number of rotatable bonds is 4. The van der Waals surface area contributed by atoms with E-state index < -0.39 is 0 Å². The predicted octanol–water partition coefficient (Wildman–Crippen LogP) is 1.14. The van der Waals surface area contributed by atoms with E-state index in [0.29, 0.717) is 18.2 Å². The minimum Gasteiger partial charge on any atom is -0.381 e. The van der Waals surface area contributed by atoms with Crippen molar-refractivity contribution in [1.82, 2.24) is 10.6 Å². The van der Waals surface area contributed by atoms with Crippen LogP contribution in [0.5, 0.6) is 0 Å². The number of nitrogens with zero attached hydrogens (tertiary/aromatic N) is 1. The predicted molar refractivity (Wildman–Crippen MR) is 76.5 cm³/mol. The molecule has 1 aliphatic heterocycles. The van der Waals surface area contributed by atoms with E-state index >= 15 is 0 Å². The van der Waals surface area contributed by atoms with Gasteiger partial charge in [-0.1, -0.05) is 13.8 Å². The zero-order valence-electron chi connectivity index (χ0n) is 12.5. The summed E-state index contributed by atoms with van der Waals surface area (Å²) in [5.41, 5.74) is 0.149. The molecule has 110 valence electrons. The summed E-state index contributed by atoms with van der Waals surface area (Å²) in [6.07, 6.45) is 4.01. The average molecular weight is 269 g/mol. The van der Waals surface area contributed by atoms with Crippen molar-refractivity contribution >= 4 is 5.96 Å². The Labute approximate surface area is 116 Å². The van der Waals surface area contributed by atoms with E-state index in [0.717, 1.165) is 32.0 Å². The van der Waals surface area contributed by atoms with Gasteiger partial charge in [-0.05, 0) is 19.3 Å². The standard InChI is InChI=1S/C14H27N3O2/c1-14(2)11(8-12(14)18-4)17-13(15-3)16-9-10-6-5-7-19-10/h10-12H,5-9H2,1-4H3,(H2,15,16,17).